The van der Waals surface area contributed by atoms with Gasteiger partial charge in [0.25, 0.3) is 0 Å². The van der Waals surface area contributed by atoms with E-state index >= 15 is 0 Å². The van der Waals surface area contributed by atoms with Crippen molar-refractivity contribution in [1.82, 2.24) is 0 Å². The third-order valence-corrected chi connectivity index (χ3v) is 4.27. The van der Waals surface area contributed by atoms with Crippen molar-refractivity contribution in [3.63, 3.8) is 0 Å². The minimum absolute atomic E-state index is 0.175. The van der Waals surface area contributed by atoms with Gasteiger partial charge in [-0.1, -0.05) is 71.1 Å². The zero-order valence-corrected chi connectivity index (χ0v) is 14.9. The van der Waals surface area contributed by atoms with Gasteiger partial charge in [0.05, 0.1) is 6.61 Å². The molecule has 0 aromatic heterocycles. The second-order valence-corrected chi connectivity index (χ2v) is 6.67. The average Bonchev–Trinajstić information content (AvgIpc) is 2.45. The summed E-state index contributed by atoms with van der Waals surface area (Å²) in [6.45, 7) is 4.29. The molecule has 1 atom stereocenters. The average molecular weight is 319 g/mol. The van der Waals surface area contributed by atoms with E-state index in [1.807, 2.05) is 0 Å². The van der Waals surface area contributed by atoms with Gasteiger partial charge in [0.2, 0.25) is 0 Å². The minimum atomic E-state index is -0.175. The second-order valence-electron chi connectivity index (χ2n) is 6.05. The molecule has 0 radical (unpaired) electrons. The molecule has 0 spiro atoms. The van der Waals surface area contributed by atoms with Crippen molar-refractivity contribution >= 4 is 17.6 Å². The fraction of sp³-hybridized carbons (Fsp3) is 0.944. The molecule has 0 N–H and O–H groups in total. The predicted molar refractivity (Wildman–Crippen MR) is 92.0 cm³/mol. The highest BCUT2D eigenvalue weighted by Crippen LogP contribution is 2.17. The molecule has 1 unspecified atom stereocenters. The first-order chi connectivity index (χ1) is 10.2. The number of alkyl halides is 1. The van der Waals surface area contributed by atoms with Crippen LogP contribution in [0.1, 0.15) is 97.3 Å². The summed E-state index contributed by atoms with van der Waals surface area (Å²) in [6, 6.07) is 0. The van der Waals surface area contributed by atoms with E-state index in [1.165, 1.54) is 71.1 Å². The third kappa shape index (κ3) is 17.7. The van der Waals surface area contributed by atoms with Gasteiger partial charge in [-0.2, -0.15) is 0 Å². The molecule has 0 fully saturated rings. The van der Waals surface area contributed by atoms with Crippen LogP contribution in [-0.4, -0.2) is 18.0 Å². The van der Waals surface area contributed by atoms with Crippen molar-refractivity contribution in [3.8, 4) is 0 Å². The number of halogens is 1. The van der Waals surface area contributed by atoms with E-state index in [0.29, 0.717) is 12.0 Å². The molecule has 126 valence electrons. The van der Waals surface area contributed by atoms with E-state index in [-0.39, 0.29) is 5.97 Å². The molecule has 0 saturated carbocycles. The van der Waals surface area contributed by atoms with Crippen LogP contribution in [0, 0.1) is 0 Å². The lowest BCUT2D eigenvalue weighted by molar-refractivity contribution is -0.141. The third-order valence-electron chi connectivity index (χ3n) is 3.84. The molecule has 0 aromatic carbocycles. The van der Waals surface area contributed by atoms with Crippen LogP contribution >= 0.6 is 11.6 Å². The van der Waals surface area contributed by atoms with E-state index in [9.17, 15) is 4.79 Å². The van der Waals surface area contributed by atoms with Crippen molar-refractivity contribution in [1.29, 1.82) is 0 Å². The van der Waals surface area contributed by atoms with Gasteiger partial charge in [-0.3, -0.25) is 4.79 Å². The minimum Gasteiger partial charge on any atom is -0.466 e. The monoisotopic (exact) mass is 318 g/mol. The Bertz CT molecular complexity index is 231. The zero-order chi connectivity index (χ0) is 15.8. The highest BCUT2D eigenvalue weighted by molar-refractivity contribution is 6.20. The number of hydrogen-bond donors (Lipinski definition) is 0. The summed E-state index contributed by atoms with van der Waals surface area (Å²) in [5.41, 5.74) is 0. The highest BCUT2D eigenvalue weighted by Gasteiger charge is 2.04. The maximum Gasteiger partial charge on any atom is 0.302 e. The Kier molecular flexibility index (Phi) is 16.0. The maximum absolute atomic E-state index is 10.6. The van der Waals surface area contributed by atoms with Gasteiger partial charge in [-0.15, -0.1) is 11.6 Å². The lowest BCUT2D eigenvalue weighted by Gasteiger charge is -2.09. The summed E-state index contributed by atoms with van der Waals surface area (Å²) in [5.74, 6) is -0.175. The van der Waals surface area contributed by atoms with Crippen molar-refractivity contribution in [3.05, 3.63) is 0 Å². The van der Waals surface area contributed by atoms with E-state index < -0.39 is 0 Å². The van der Waals surface area contributed by atoms with Gasteiger partial charge in [-0.05, 0) is 19.3 Å². The molecule has 0 aliphatic rings. The Morgan fingerprint density at radius 1 is 0.857 bits per heavy atom. The van der Waals surface area contributed by atoms with E-state index in [4.69, 9.17) is 16.3 Å². The fourth-order valence-corrected chi connectivity index (χ4v) is 2.81. The zero-order valence-electron chi connectivity index (χ0n) is 14.2. The number of esters is 1. The molecule has 0 bridgehead atoms. The normalized spacial score (nSPS) is 12.3. The van der Waals surface area contributed by atoms with Gasteiger partial charge in [0.15, 0.2) is 0 Å². The van der Waals surface area contributed by atoms with Crippen molar-refractivity contribution in [2.24, 2.45) is 0 Å². The molecular weight excluding hydrogens is 284 g/mol. The van der Waals surface area contributed by atoms with E-state index in [0.717, 1.165) is 19.3 Å². The van der Waals surface area contributed by atoms with Crippen LogP contribution in [0.25, 0.3) is 0 Å². The summed E-state index contributed by atoms with van der Waals surface area (Å²) >= 11 is 6.36. The molecule has 0 aromatic rings. The smallest absolute Gasteiger partial charge is 0.302 e. The number of carbonyl (C=O) groups excluding carboxylic acids is 1. The first-order valence-corrected chi connectivity index (χ1v) is 9.38. The van der Waals surface area contributed by atoms with Crippen LogP contribution in [0.4, 0.5) is 0 Å². The molecular formula is C18H35ClO2. The molecule has 2 nitrogen and oxygen atoms in total. The molecule has 0 amide bonds. The van der Waals surface area contributed by atoms with Crippen LogP contribution in [0.3, 0.4) is 0 Å². The topological polar surface area (TPSA) is 26.3 Å². The SMILES string of the molecule is CCCCCCCCCC(Cl)CCCCCCOC(C)=O. The first-order valence-electron chi connectivity index (χ1n) is 8.94. The summed E-state index contributed by atoms with van der Waals surface area (Å²) in [5, 5.41) is 0.356. The second kappa shape index (κ2) is 16.1. The van der Waals surface area contributed by atoms with Crippen molar-refractivity contribution < 1.29 is 9.53 Å². The van der Waals surface area contributed by atoms with E-state index in [1.54, 1.807) is 0 Å². The van der Waals surface area contributed by atoms with Gasteiger partial charge >= 0.3 is 5.97 Å². The largest absolute Gasteiger partial charge is 0.466 e. The Morgan fingerprint density at radius 2 is 1.33 bits per heavy atom. The van der Waals surface area contributed by atoms with Gasteiger partial charge in [0, 0.05) is 12.3 Å². The Balaban J connectivity index is 3.16. The first kappa shape index (κ1) is 20.8. The molecule has 0 rings (SSSR count). The number of unbranched alkanes of at least 4 members (excludes halogenated alkanes) is 9. The molecule has 0 saturated heterocycles. The van der Waals surface area contributed by atoms with Gasteiger partial charge < -0.3 is 4.74 Å². The van der Waals surface area contributed by atoms with Gasteiger partial charge in [-0.25, -0.2) is 0 Å². The van der Waals surface area contributed by atoms with Crippen LogP contribution in [0.15, 0.2) is 0 Å². The standard InChI is InChI=1S/C18H35ClO2/c1-3-4-5-6-7-8-11-14-18(19)15-12-9-10-13-16-21-17(2)20/h18H,3-16H2,1-2H3. The lowest BCUT2D eigenvalue weighted by Crippen LogP contribution is -2.01. The van der Waals surface area contributed by atoms with Crippen LogP contribution in [0.2, 0.25) is 0 Å². The van der Waals surface area contributed by atoms with Crippen molar-refractivity contribution in [2.75, 3.05) is 6.61 Å². The maximum atomic E-state index is 10.6. The highest BCUT2D eigenvalue weighted by atomic mass is 35.5. The van der Waals surface area contributed by atoms with Crippen LogP contribution < -0.4 is 0 Å². The van der Waals surface area contributed by atoms with Crippen LogP contribution in [0.5, 0.6) is 0 Å². The summed E-state index contributed by atoms with van der Waals surface area (Å²) in [7, 11) is 0. The fourth-order valence-electron chi connectivity index (χ4n) is 2.50. The lowest BCUT2D eigenvalue weighted by atomic mass is 10.0. The molecule has 0 heterocycles. The number of carbonyl (C=O) groups is 1. The molecule has 3 heteroatoms. The Labute approximate surface area is 137 Å². The van der Waals surface area contributed by atoms with Crippen LogP contribution in [-0.2, 0) is 9.53 Å². The summed E-state index contributed by atoms with van der Waals surface area (Å²) in [4.78, 5) is 10.6. The summed E-state index contributed by atoms with van der Waals surface area (Å²) < 4.78 is 4.91. The molecule has 0 aliphatic heterocycles. The predicted octanol–water partition coefficient (Wildman–Crippen LogP) is 6.25. The quantitative estimate of drug-likeness (QED) is 0.203. The van der Waals surface area contributed by atoms with E-state index in [2.05, 4.69) is 6.92 Å². The van der Waals surface area contributed by atoms with Gasteiger partial charge in [0.1, 0.15) is 0 Å². The molecule has 0 aliphatic carbocycles. The molecule has 21 heavy (non-hydrogen) atoms. The number of ether oxygens (including phenoxy) is 1. The number of rotatable bonds is 15. The van der Waals surface area contributed by atoms with Crippen molar-refractivity contribution in [2.45, 2.75) is 103 Å². The summed E-state index contributed by atoms with van der Waals surface area (Å²) in [6.07, 6.45) is 16.3. The number of hydrogen-bond acceptors (Lipinski definition) is 2. The Morgan fingerprint density at radius 3 is 1.86 bits per heavy atom. The Hall–Kier alpha value is -0.240.